The van der Waals surface area contributed by atoms with E-state index < -0.39 is 0 Å². The Bertz CT molecular complexity index is 481. The minimum absolute atomic E-state index is 0.0781. The van der Waals surface area contributed by atoms with Gasteiger partial charge in [0.15, 0.2) is 0 Å². The molecule has 0 radical (unpaired) electrons. The van der Waals surface area contributed by atoms with Crippen LogP contribution in [0, 0.1) is 0 Å². The van der Waals surface area contributed by atoms with Crippen molar-refractivity contribution in [3.8, 4) is 5.75 Å². The first-order chi connectivity index (χ1) is 10.2. The first-order valence-electron chi connectivity index (χ1n) is 7.36. The molecule has 1 saturated heterocycles. The molecule has 21 heavy (non-hydrogen) atoms. The third-order valence-corrected chi connectivity index (χ3v) is 4.61. The number of amides is 1. The molecule has 2 N–H and O–H groups in total. The SMILES string of the molecule is COc1cccc(C2CCCN2C(=O)[C@@H](N)CCSC)c1. The highest BCUT2D eigenvalue weighted by molar-refractivity contribution is 7.98. The third-order valence-electron chi connectivity index (χ3n) is 3.96. The van der Waals surface area contributed by atoms with Crippen LogP contribution in [0.4, 0.5) is 0 Å². The normalized spacial score (nSPS) is 19.6. The van der Waals surface area contributed by atoms with Crippen LogP contribution in [0.1, 0.15) is 30.9 Å². The molecular weight excluding hydrogens is 284 g/mol. The molecule has 5 heteroatoms. The lowest BCUT2D eigenvalue weighted by atomic mass is 10.0. The molecule has 1 fully saturated rings. The van der Waals surface area contributed by atoms with Crippen molar-refractivity contribution in [3.05, 3.63) is 29.8 Å². The summed E-state index contributed by atoms with van der Waals surface area (Å²) in [4.78, 5) is 14.5. The van der Waals surface area contributed by atoms with Crippen LogP contribution in [0.5, 0.6) is 5.75 Å². The zero-order valence-electron chi connectivity index (χ0n) is 12.7. The molecule has 4 nitrogen and oxygen atoms in total. The summed E-state index contributed by atoms with van der Waals surface area (Å²) in [6.45, 7) is 0.799. The Morgan fingerprint density at radius 3 is 3.10 bits per heavy atom. The maximum atomic E-state index is 12.5. The van der Waals surface area contributed by atoms with Crippen molar-refractivity contribution in [2.45, 2.75) is 31.3 Å². The van der Waals surface area contributed by atoms with Gasteiger partial charge in [-0.3, -0.25) is 4.79 Å². The van der Waals surface area contributed by atoms with Gasteiger partial charge in [0.1, 0.15) is 5.75 Å². The second-order valence-electron chi connectivity index (χ2n) is 5.35. The van der Waals surface area contributed by atoms with Crippen molar-refractivity contribution in [3.63, 3.8) is 0 Å². The first kappa shape index (κ1) is 16.2. The Hall–Kier alpha value is -1.20. The van der Waals surface area contributed by atoms with E-state index in [-0.39, 0.29) is 18.0 Å². The molecule has 1 aliphatic rings. The van der Waals surface area contributed by atoms with Gasteiger partial charge in [0, 0.05) is 6.54 Å². The third kappa shape index (κ3) is 3.92. The molecular formula is C16H24N2O2S. The van der Waals surface area contributed by atoms with E-state index in [4.69, 9.17) is 10.5 Å². The summed E-state index contributed by atoms with van der Waals surface area (Å²) in [5.74, 6) is 1.83. The van der Waals surface area contributed by atoms with Crippen LogP contribution in [0.25, 0.3) is 0 Å². The number of carbonyl (C=O) groups excluding carboxylic acids is 1. The van der Waals surface area contributed by atoms with Crippen molar-refractivity contribution in [1.29, 1.82) is 0 Å². The van der Waals surface area contributed by atoms with Gasteiger partial charge in [0.05, 0.1) is 19.2 Å². The van der Waals surface area contributed by atoms with E-state index in [0.717, 1.165) is 42.9 Å². The minimum atomic E-state index is -0.386. The van der Waals surface area contributed by atoms with Crippen molar-refractivity contribution >= 4 is 17.7 Å². The minimum Gasteiger partial charge on any atom is -0.497 e. The first-order valence-corrected chi connectivity index (χ1v) is 8.75. The number of ether oxygens (including phenoxy) is 1. The molecule has 0 aromatic heterocycles. The van der Waals surface area contributed by atoms with Crippen LogP contribution in [0.2, 0.25) is 0 Å². The number of rotatable bonds is 6. The summed E-state index contributed by atoms with van der Waals surface area (Å²) in [6.07, 6.45) is 4.80. The zero-order chi connectivity index (χ0) is 15.2. The van der Waals surface area contributed by atoms with Crippen LogP contribution in [0.3, 0.4) is 0 Å². The summed E-state index contributed by atoms with van der Waals surface area (Å²) in [6, 6.07) is 7.73. The Balaban J connectivity index is 2.10. The number of nitrogens with two attached hydrogens (primary N) is 1. The molecule has 1 heterocycles. The van der Waals surface area contributed by atoms with Crippen LogP contribution in [0.15, 0.2) is 24.3 Å². The number of hydrogen-bond donors (Lipinski definition) is 1. The molecule has 2 rings (SSSR count). The fourth-order valence-corrected chi connectivity index (χ4v) is 3.30. The van der Waals surface area contributed by atoms with Gasteiger partial charge >= 0.3 is 0 Å². The van der Waals surface area contributed by atoms with Gasteiger partial charge in [-0.05, 0) is 49.0 Å². The van der Waals surface area contributed by atoms with E-state index in [2.05, 4.69) is 6.07 Å². The Morgan fingerprint density at radius 2 is 2.38 bits per heavy atom. The smallest absolute Gasteiger partial charge is 0.240 e. The number of hydrogen-bond acceptors (Lipinski definition) is 4. The molecule has 116 valence electrons. The highest BCUT2D eigenvalue weighted by Crippen LogP contribution is 2.33. The molecule has 1 aromatic rings. The maximum absolute atomic E-state index is 12.5. The molecule has 1 unspecified atom stereocenters. The second-order valence-corrected chi connectivity index (χ2v) is 6.34. The van der Waals surface area contributed by atoms with Crippen molar-refractivity contribution in [2.75, 3.05) is 25.7 Å². The molecule has 1 aliphatic heterocycles. The van der Waals surface area contributed by atoms with Crippen molar-refractivity contribution in [2.24, 2.45) is 5.73 Å². The molecule has 0 aliphatic carbocycles. The maximum Gasteiger partial charge on any atom is 0.240 e. The van der Waals surface area contributed by atoms with Gasteiger partial charge in [0.25, 0.3) is 0 Å². The van der Waals surface area contributed by atoms with Crippen LogP contribution >= 0.6 is 11.8 Å². The summed E-state index contributed by atoms with van der Waals surface area (Å²) >= 11 is 1.72. The van der Waals surface area contributed by atoms with Gasteiger partial charge in [-0.2, -0.15) is 11.8 Å². The van der Waals surface area contributed by atoms with Gasteiger partial charge in [-0.15, -0.1) is 0 Å². The lowest BCUT2D eigenvalue weighted by molar-refractivity contribution is -0.133. The fraction of sp³-hybridized carbons (Fsp3) is 0.562. The fourth-order valence-electron chi connectivity index (χ4n) is 2.81. The average molecular weight is 308 g/mol. The zero-order valence-corrected chi connectivity index (χ0v) is 13.6. The van der Waals surface area contributed by atoms with E-state index in [1.165, 1.54) is 0 Å². The predicted molar refractivity (Wildman–Crippen MR) is 87.7 cm³/mol. The highest BCUT2D eigenvalue weighted by atomic mass is 32.2. The van der Waals surface area contributed by atoms with Gasteiger partial charge in [0.2, 0.25) is 5.91 Å². The average Bonchev–Trinajstić information content (AvgIpc) is 3.01. The summed E-state index contributed by atoms with van der Waals surface area (Å²) in [7, 11) is 1.66. The number of benzene rings is 1. The van der Waals surface area contributed by atoms with Crippen LogP contribution in [-0.2, 0) is 4.79 Å². The van der Waals surface area contributed by atoms with Gasteiger partial charge in [-0.25, -0.2) is 0 Å². The van der Waals surface area contributed by atoms with Gasteiger partial charge < -0.3 is 15.4 Å². The Labute approximate surface area is 131 Å². The van der Waals surface area contributed by atoms with E-state index in [1.54, 1.807) is 18.9 Å². The Morgan fingerprint density at radius 1 is 1.57 bits per heavy atom. The van der Waals surface area contributed by atoms with E-state index in [1.807, 2.05) is 29.4 Å². The highest BCUT2D eigenvalue weighted by Gasteiger charge is 2.32. The number of carbonyl (C=O) groups is 1. The summed E-state index contributed by atoms with van der Waals surface area (Å²) in [5.41, 5.74) is 7.19. The second kappa shape index (κ2) is 7.71. The molecule has 0 saturated carbocycles. The van der Waals surface area contributed by atoms with Crippen LogP contribution < -0.4 is 10.5 Å². The predicted octanol–water partition coefficient (Wildman–Crippen LogP) is 2.44. The van der Waals surface area contributed by atoms with Gasteiger partial charge in [-0.1, -0.05) is 12.1 Å². The van der Waals surface area contributed by atoms with Crippen LogP contribution in [-0.4, -0.2) is 42.5 Å². The molecule has 2 atom stereocenters. The molecule has 0 bridgehead atoms. The van der Waals surface area contributed by atoms with E-state index in [9.17, 15) is 4.79 Å². The number of likely N-dealkylation sites (tertiary alicyclic amines) is 1. The van der Waals surface area contributed by atoms with Crippen molar-refractivity contribution < 1.29 is 9.53 Å². The number of nitrogens with zero attached hydrogens (tertiary/aromatic N) is 1. The molecule has 1 aromatic carbocycles. The standard InChI is InChI=1S/C16H24N2O2S/c1-20-13-6-3-5-12(11-13)15-7-4-9-18(15)16(19)14(17)8-10-21-2/h3,5-6,11,14-15H,4,7-10,17H2,1-2H3/t14-,15?/m0/s1. The lowest BCUT2D eigenvalue weighted by Crippen LogP contribution is -2.43. The Kier molecular flexibility index (Phi) is 5.94. The molecule has 0 spiro atoms. The van der Waals surface area contributed by atoms with Crippen molar-refractivity contribution in [1.82, 2.24) is 4.90 Å². The quantitative estimate of drug-likeness (QED) is 0.877. The number of methoxy groups -OCH3 is 1. The van der Waals surface area contributed by atoms with E-state index >= 15 is 0 Å². The summed E-state index contributed by atoms with van der Waals surface area (Å²) < 4.78 is 5.28. The van der Waals surface area contributed by atoms with E-state index in [0.29, 0.717) is 0 Å². The topological polar surface area (TPSA) is 55.6 Å². The summed E-state index contributed by atoms with van der Waals surface area (Å²) in [5, 5.41) is 0. The molecule has 1 amide bonds. The monoisotopic (exact) mass is 308 g/mol. The largest absolute Gasteiger partial charge is 0.497 e. The lowest BCUT2D eigenvalue weighted by Gasteiger charge is -2.28. The number of thioether (sulfide) groups is 1.